The van der Waals surface area contributed by atoms with Crippen molar-refractivity contribution in [1.82, 2.24) is 24.7 Å². The topological polar surface area (TPSA) is 64.8 Å². The highest BCUT2D eigenvalue weighted by Crippen LogP contribution is 2.30. The predicted octanol–water partition coefficient (Wildman–Crippen LogP) is 4.16. The largest absolute Gasteiger partial charge is 0.477 e. The van der Waals surface area contributed by atoms with Gasteiger partial charge in [0.2, 0.25) is 5.88 Å². The Morgan fingerprint density at radius 2 is 1.58 bits per heavy atom. The smallest absolute Gasteiger partial charge is 0.233 e. The summed E-state index contributed by atoms with van der Waals surface area (Å²) in [5.74, 6) is 0.577. The van der Waals surface area contributed by atoms with Gasteiger partial charge in [-0.25, -0.2) is 4.98 Å². The van der Waals surface area contributed by atoms with E-state index in [0.29, 0.717) is 18.1 Å². The van der Waals surface area contributed by atoms with Gasteiger partial charge in [-0.3, -0.25) is 0 Å². The van der Waals surface area contributed by atoms with E-state index in [1.165, 1.54) is 22.1 Å². The lowest BCUT2D eigenvalue weighted by atomic mass is 10.00. The molecule has 0 bridgehead atoms. The molecule has 2 aromatic heterocycles. The first-order valence-electron chi connectivity index (χ1n) is 11.6. The summed E-state index contributed by atoms with van der Waals surface area (Å²) in [7, 11) is 0. The monoisotopic (exact) mass is 443 g/mol. The maximum absolute atomic E-state index is 6.65. The lowest BCUT2D eigenvalue weighted by molar-refractivity contribution is -0.0273. The van der Waals surface area contributed by atoms with Crippen LogP contribution < -0.4 is 4.74 Å². The molecule has 1 aliphatic heterocycles. The van der Waals surface area contributed by atoms with Crippen LogP contribution in [0, 0.1) is 0 Å². The number of benzene rings is 2. The van der Waals surface area contributed by atoms with Gasteiger partial charge in [0, 0.05) is 25.7 Å². The summed E-state index contributed by atoms with van der Waals surface area (Å²) in [6.07, 6.45) is 4.78. The van der Waals surface area contributed by atoms with E-state index in [-0.39, 0.29) is 12.2 Å². The molecule has 1 saturated heterocycles. The summed E-state index contributed by atoms with van der Waals surface area (Å²) in [5, 5.41) is 8.34. The van der Waals surface area contributed by atoms with Crippen molar-refractivity contribution in [3.63, 3.8) is 0 Å². The van der Waals surface area contributed by atoms with E-state index < -0.39 is 0 Å². The van der Waals surface area contributed by atoms with Crippen molar-refractivity contribution >= 4 is 5.65 Å². The van der Waals surface area contributed by atoms with Crippen LogP contribution in [0.4, 0.5) is 0 Å². The molecule has 0 spiro atoms. The standard InChI is InChI=1S/C26H29N5O2/c1-3-8-21(9-4-1)26(22-10-5-2-6-11-22)33-23-14-17-30(18-15-23)16-7-19-32-25-13-12-24-27-20-28-31(24)29-25/h1-6,8-13,20,23,26H,7,14-19H2. The number of rotatable bonds is 9. The zero-order valence-electron chi connectivity index (χ0n) is 18.7. The maximum atomic E-state index is 6.65. The lowest BCUT2D eigenvalue weighted by Crippen LogP contribution is -2.38. The van der Waals surface area contributed by atoms with Crippen molar-refractivity contribution < 1.29 is 9.47 Å². The average Bonchev–Trinajstić information content (AvgIpc) is 3.35. The van der Waals surface area contributed by atoms with Gasteiger partial charge < -0.3 is 14.4 Å². The summed E-state index contributed by atoms with van der Waals surface area (Å²) >= 11 is 0. The van der Waals surface area contributed by atoms with Crippen LogP contribution in [-0.4, -0.2) is 57.1 Å². The molecule has 0 radical (unpaired) electrons. The van der Waals surface area contributed by atoms with Gasteiger partial charge in [0.15, 0.2) is 5.65 Å². The van der Waals surface area contributed by atoms with Gasteiger partial charge in [-0.2, -0.15) is 0 Å². The van der Waals surface area contributed by atoms with E-state index in [0.717, 1.165) is 38.9 Å². The number of hydrogen-bond acceptors (Lipinski definition) is 6. The van der Waals surface area contributed by atoms with Gasteiger partial charge >= 0.3 is 0 Å². The minimum Gasteiger partial charge on any atom is -0.477 e. The van der Waals surface area contributed by atoms with Crippen LogP contribution in [-0.2, 0) is 4.74 Å². The zero-order valence-corrected chi connectivity index (χ0v) is 18.7. The second-order valence-electron chi connectivity index (χ2n) is 8.36. The van der Waals surface area contributed by atoms with E-state index in [2.05, 4.69) is 80.7 Å². The van der Waals surface area contributed by atoms with E-state index >= 15 is 0 Å². The van der Waals surface area contributed by atoms with Gasteiger partial charge in [0.25, 0.3) is 0 Å². The molecule has 0 atom stereocenters. The molecule has 170 valence electrons. The lowest BCUT2D eigenvalue weighted by Gasteiger charge is -2.34. The Morgan fingerprint density at radius 3 is 2.27 bits per heavy atom. The number of aromatic nitrogens is 4. The third-order valence-corrected chi connectivity index (χ3v) is 6.06. The Labute approximate surface area is 194 Å². The SMILES string of the molecule is c1ccc(C(OC2CCN(CCCOc3ccc4ncnn4n3)CC2)c2ccccc2)cc1. The van der Waals surface area contributed by atoms with Gasteiger partial charge in [0.1, 0.15) is 12.4 Å². The van der Waals surface area contributed by atoms with Crippen LogP contribution in [0.1, 0.15) is 36.5 Å². The molecule has 1 aliphatic rings. The molecule has 5 rings (SSSR count). The van der Waals surface area contributed by atoms with Crippen molar-refractivity contribution in [2.45, 2.75) is 31.5 Å². The van der Waals surface area contributed by atoms with E-state index in [4.69, 9.17) is 9.47 Å². The molecule has 2 aromatic carbocycles. The highest BCUT2D eigenvalue weighted by molar-refractivity contribution is 5.35. The van der Waals surface area contributed by atoms with Crippen molar-refractivity contribution in [2.75, 3.05) is 26.2 Å². The number of ether oxygens (including phenoxy) is 2. The normalized spacial score (nSPS) is 15.3. The molecule has 33 heavy (non-hydrogen) atoms. The van der Waals surface area contributed by atoms with Gasteiger partial charge in [0.05, 0.1) is 12.7 Å². The minimum absolute atomic E-state index is 0.0211. The summed E-state index contributed by atoms with van der Waals surface area (Å²) in [4.78, 5) is 6.59. The zero-order chi connectivity index (χ0) is 22.3. The molecule has 3 heterocycles. The Morgan fingerprint density at radius 1 is 0.879 bits per heavy atom. The first-order valence-corrected chi connectivity index (χ1v) is 11.6. The Bertz CT molecular complexity index is 1090. The molecule has 0 N–H and O–H groups in total. The minimum atomic E-state index is -0.0211. The Balaban J connectivity index is 1.08. The van der Waals surface area contributed by atoms with Crippen molar-refractivity contribution in [2.24, 2.45) is 0 Å². The highest BCUT2D eigenvalue weighted by Gasteiger charge is 2.24. The molecule has 0 aliphatic carbocycles. The van der Waals surface area contributed by atoms with Crippen LogP contribution in [0.2, 0.25) is 0 Å². The summed E-state index contributed by atoms with van der Waals surface area (Å²) in [5.41, 5.74) is 3.14. The van der Waals surface area contributed by atoms with Crippen LogP contribution in [0.5, 0.6) is 5.88 Å². The molecule has 0 amide bonds. The van der Waals surface area contributed by atoms with Gasteiger partial charge in [-0.05, 0) is 36.5 Å². The second kappa shape index (κ2) is 10.6. The second-order valence-corrected chi connectivity index (χ2v) is 8.36. The fourth-order valence-corrected chi connectivity index (χ4v) is 4.31. The Hall–Kier alpha value is -3.29. The van der Waals surface area contributed by atoms with Crippen LogP contribution in [0.25, 0.3) is 5.65 Å². The molecule has 7 heteroatoms. The number of likely N-dealkylation sites (tertiary alicyclic amines) is 1. The summed E-state index contributed by atoms with van der Waals surface area (Å²) in [6.45, 7) is 3.74. The maximum Gasteiger partial charge on any atom is 0.233 e. The van der Waals surface area contributed by atoms with Gasteiger partial charge in [-0.1, -0.05) is 60.7 Å². The molecular weight excluding hydrogens is 414 g/mol. The summed E-state index contributed by atoms with van der Waals surface area (Å²) < 4.78 is 13.9. The number of piperidine rings is 1. The first kappa shape index (κ1) is 21.6. The fraction of sp³-hybridized carbons (Fsp3) is 0.346. The molecule has 0 saturated carbocycles. The van der Waals surface area contributed by atoms with Crippen LogP contribution in [0.3, 0.4) is 0 Å². The van der Waals surface area contributed by atoms with Crippen molar-refractivity contribution in [3.8, 4) is 5.88 Å². The van der Waals surface area contributed by atoms with Crippen molar-refractivity contribution in [1.29, 1.82) is 0 Å². The van der Waals surface area contributed by atoms with Crippen LogP contribution in [0.15, 0.2) is 79.1 Å². The van der Waals surface area contributed by atoms with Gasteiger partial charge in [-0.15, -0.1) is 14.8 Å². The van der Waals surface area contributed by atoms with Crippen molar-refractivity contribution in [3.05, 3.63) is 90.3 Å². The third-order valence-electron chi connectivity index (χ3n) is 6.06. The number of fused-ring (bicyclic) bond motifs is 1. The quantitative estimate of drug-likeness (QED) is 0.362. The number of nitrogens with zero attached hydrogens (tertiary/aromatic N) is 5. The number of hydrogen-bond donors (Lipinski definition) is 0. The van der Waals surface area contributed by atoms with E-state index in [1.807, 2.05) is 12.1 Å². The third kappa shape index (κ3) is 5.56. The molecule has 1 fully saturated rings. The predicted molar refractivity (Wildman–Crippen MR) is 126 cm³/mol. The summed E-state index contributed by atoms with van der Waals surface area (Å²) in [6, 6.07) is 24.7. The highest BCUT2D eigenvalue weighted by atomic mass is 16.5. The molecular formula is C26H29N5O2. The van der Waals surface area contributed by atoms with Crippen LogP contribution >= 0.6 is 0 Å². The molecule has 4 aromatic rings. The van der Waals surface area contributed by atoms with E-state index in [9.17, 15) is 0 Å². The first-order chi connectivity index (χ1) is 16.3. The molecule has 7 nitrogen and oxygen atoms in total. The average molecular weight is 444 g/mol. The van der Waals surface area contributed by atoms with E-state index in [1.54, 1.807) is 0 Å². The Kier molecular flexibility index (Phi) is 6.89. The fourth-order valence-electron chi connectivity index (χ4n) is 4.31. The molecule has 0 unspecified atom stereocenters.